The lowest BCUT2D eigenvalue weighted by Crippen LogP contribution is -2.20. The summed E-state index contributed by atoms with van der Waals surface area (Å²) < 4.78 is 36.2. The summed E-state index contributed by atoms with van der Waals surface area (Å²) in [5, 5.41) is 0.435. The van der Waals surface area contributed by atoms with E-state index in [1.54, 1.807) is 19.1 Å². The molecule has 1 rings (SSSR count). The fourth-order valence-electron chi connectivity index (χ4n) is 1.21. The van der Waals surface area contributed by atoms with E-state index in [0.29, 0.717) is 10.6 Å². The summed E-state index contributed by atoms with van der Waals surface area (Å²) >= 11 is 5.79. The normalized spacial score (nSPS) is 13.1. The first-order valence-electron chi connectivity index (χ1n) is 4.38. The quantitative estimate of drug-likeness (QED) is 0.865. The Morgan fingerprint density at radius 3 is 2.38 bits per heavy atom. The van der Waals surface area contributed by atoms with Crippen LogP contribution >= 0.6 is 24.0 Å². The van der Waals surface area contributed by atoms with Crippen LogP contribution in [0.4, 0.5) is 13.2 Å². The van der Waals surface area contributed by atoms with Gasteiger partial charge < -0.3 is 5.73 Å². The van der Waals surface area contributed by atoms with Crippen molar-refractivity contribution in [1.29, 1.82) is 0 Å². The van der Waals surface area contributed by atoms with Crippen molar-refractivity contribution in [2.24, 2.45) is 5.73 Å². The first-order chi connectivity index (χ1) is 6.79. The Morgan fingerprint density at radius 1 is 1.38 bits per heavy atom. The van der Waals surface area contributed by atoms with Crippen LogP contribution in [-0.4, -0.2) is 6.18 Å². The van der Waals surface area contributed by atoms with Crippen molar-refractivity contribution in [3.63, 3.8) is 0 Å². The van der Waals surface area contributed by atoms with Crippen molar-refractivity contribution in [3.8, 4) is 0 Å². The van der Waals surface area contributed by atoms with Gasteiger partial charge in [-0.3, -0.25) is 0 Å². The average Bonchev–Trinajstić information content (AvgIpc) is 2.06. The van der Waals surface area contributed by atoms with Gasteiger partial charge in [-0.25, -0.2) is 0 Å². The Labute approximate surface area is 103 Å². The van der Waals surface area contributed by atoms with Crippen LogP contribution < -0.4 is 5.73 Å². The monoisotopic (exact) mass is 273 g/mol. The van der Waals surface area contributed by atoms with Gasteiger partial charge in [0, 0.05) is 11.1 Å². The van der Waals surface area contributed by atoms with Crippen molar-refractivity contribution in [3.05, 3.63) is 34.3 Å². The zero-order valence-electron chi connectivity index (χ0n) is 8.51. The van der Waals surface area contributed by atoms with E-state index in [9.17, 15) is 13.2 Å². The van der Waals surface area contributed by atoms with E-state index < -0.39 is 18.6 Å². The van der Waals surface area contributed by atoms with Gasteiger partial charge in [0.2, 0.25) is 0 Å². The van der Waals surface area contributed by atoms with Crippen molar-refractivity contribution in [2.75, 3.05) is 0 Å². The largest absolute Gasteiger partial charge is 0.390 e. The molecule has 6 heteroatoms. The molecule has 0 spiro atoms. The topological polar surface area (TPSA) is 26.0 Å². The molecule has 0 aromatic heterocycles. The van der Waals surface area contributed by atoms with Crippen LogP contribution in [0.2, 0.25) is 5.02 Å². The number of nitrogens with two attached hydrogens (primary N) is 1. The summed E-state index contributed by atoms with van der Waals surface area (Å²) in [5.74, 6) is 0. The molecule has 0 aliphatic heterocycles. The van der Waals surface area contributed by atoms with Crippen molar-refractivity contribution >= 4 is 24.0 Å². The zero-order valence-corrected chi connectivity index (χ0v) is 10.1. The summed E-state index contributed by atoms with van der Waals surface area (Å²) in [4.78, 5) is 0. The zero-order chi connectivity index (χ0) is 11.6. The van der Waals surface area contributed by atoms with Crippen LogP contribution in [0.1, 0.15) is 23.6 Å². The van der Waals surface area contributed by atoms with Gasteiger partial charge in [-0.05, 0) is 24.1 Å². The molecule has 0 amide bonds. The number of hydrogen-bond donors (Lipinski definition) is 1. The highest BCUT2D eigenvalue weighted by Gasteiger charge is 2.30. The molecule has 0 fully saturated rings. The second-order valence-corrected chi connectivity index (χ2v) is 3.84. The summed E-state index contributed by atoms with van der Waals surface area (Å²) in [7, 11) is 0. The standard InChI is InChI=1S/C10H11ClF3N.ClH/c1-6-2-3-7(4-8(6)11)9(15)5-10(12,13)14;/h2-4,9H,5,15H2,1H3;1H/t9-;/m0./s1. The van der Waals surface area contributed by atoms with Crippen LogP contribution in [0.3, 0.4) is 0 Å². The Hall–Kier alpha value is -0.450. The van der Waals surface area contributed by atoms with E-state index in [4.69, 9.17) is 17.3 Å². The number of alkyl halides is 3. The van der Waals surface area contributed by atoms with E-state index in [0.717, 1.165) is 5.56 Å². The molecule has 16 heavy (non-hydrogen) atoms. The third-order valence-electron chi connectivity index (χ3n) is 2.08. The van der Waals surface area contributed by atoms with E-state index in [-0.39, 0.29) is 12.4 Å². The third-order valence-corrected chi connectivity index (χ3v) is 2.48. The minimum absolute atomic E-state index is 0. The molecule has 0 heterocycles. The smallest absolute Gasteiger partial charge is 0.324 e. The molecular weight excluding hydrogens is 262 g/mol. The van der Waals surface area contributed by atoms with E-state index in [1.807, 2.05) is 0 Å². The second-order valence-electron chi connectivity index (χ2n) is 3.43. The minimum atomic E-state index is -4.25. The van der Waals surface area contributed by atoms with Crippen LogP contribution in [0.15, 0.2) is 18.2 Å². The fraction of sp³-hybridized carbons (Fsp3) is 0.400. The van der Waals surface area contributed by atoms with Crippen LogP contribution in [-0.2, 0) is 0 Å². The van der Waals surface area contributed by atoms with Gasteiger partial charge in [0.15, 0.2) is 0 Å². The highest BCUT2D eigenvalue weighted by Crippen LogP contribution is 2.29. The highest BCUT2D eigenvalue weighted by molar-refractivity contribution is 6.31. The van der Waals surface area contributed by atoms with Crippen molar-refractivity contribution in [2.45, 2.75) is 25.6 Å². The predicted molar refractivity (Wildman–Crippen MR) is 61.0 cm³/mol. The maximum Gasteiger partial charge on any atom is 0.390 e. The molecule has 2 N–H and O–H groups in total. The summed E-state index contributed by atoms with van der Waals surface area (Å²) in [6.07, 6.45) is -5.29. The van der Waals surface area contributed by atoms with E-state index in [1.165, 1.54) is 6.07 Å². The summed E-state index contributed by atoms with van der Waals surface area (Å²) in [5.41, 5.74) is 6.65. The first kappa shape index (κ1) is 15.5. The van der Waals surface area contributed by atoms with Crippen molar-refractivity contribution < 1.29 is 13.2 Å². The van der Waals surface area contributed by atoms with Crippen LogP contribution in [0.25, 0.3) is 0 Å². The third kappa shape index (κ3) is 4.60. The Kier molecular flexibility index (Phi) is 5.59. The van der Waals surface area contributed by atoms with Gasteiger partial charge in [0.05, 0.1) is 6.42 Å². The lowest BCUT2D eigenvalue weighted by Gasteiger charge is -2.15. The fourth-order valence-corrected chi connectivity index (χ4v) is 1.40. The molecule has 0 aliphatic rings. The molecule has 0 saturated carbocycles. The number of halogens is 5. The molecule has 1 atom stereocenters. The molecule has 1 aromatic carbocycles. The van der Waals surface area contributed by atoms with E-state index >= 15 is 0 Å². The van der Waals surface area contributed by atoms with Crippen LogP contribution in [0.5, 0.6) is 0 Å². The second kappa shape index (κ2) is 5.75. The molecule has 1 nitrogen and oxygen atoms in total. The lowest BCUT2D eigenvalue weighted by molar-refractivity contribution is -0.138. The molecule has 0 aliphatic carbocycles. The number of rotatable bonds is 2. The molecular formula is C10H12Cl2F3N. The molecule has 0 saturated heterocycles. The summed E-state index contributed by atoms with van der Waals surface area (Å²) in [6, 6.07) is 3.65. The van der Waals surface area contributed by atoms with Gasteiger partial charge in [-0.1, -0.05) is 23.7 Å². The molecule has 0 radical (unpaired) electrons. The SMILES string of the molecule is Cc1ccc([C@@H](N)CC(F)(F)F)cc1Cl.Cl. The summed E-state index contributed by atoms with van der Waals surface area (Å²) in [6.45, 7) is 1.78. The molecule has 0 unspecified atom stereocenters. The molecule has 92 valence electrons. The average molecular weight is 274 g/mol. The van der Waals surface area contributed by atoms with Crippen LogP contribution in [0, 0.1) is 6.92 Å². The van der Waals surface area contributed by atoms with E-state index in [2.05, 4.69) is 0 Å². The van der Waals surface area contributed by atoms with Crippen molar-refractivity contribution in [1.82, 2.24) is 0 Å². The molecule has 1 aromatic rings. The maximum atomic E-state index is 12.1. The Morgan fingerprint density at radius 2 is 1.94 bits per heavy atom. The number of aryl methyl sites for hydroxylation is 1. The number of benzene rings is 1. The first-order valence-corrected chi connectivity index (χ1v) is 4.76. The Balaban J connectivity index is 0.00000225. The van der Waals surface area contributed by atoms with Gasteiger partial charge in [0.25, 0.3) is 0 Å². The predicted octanol–water partition coefficient (Wildman–Crippen LogP) is 4.02. The van der Waals surface area contributed by atoms with Gasteiger partial charge in [-0.15, -0.1) is 12.4 Å². The maximum absolute atomic E-state index is 12.1. The van der Waals surface area contributed by atoms with Gasteiger partial charge in [0.1, 0.15) is 0 Å². The minimum Gasteiger partial charge on any atom is -0.324 e. The van der Waals surface area contributed by atoms with Gasteiger partial charge >= 0.3 is 6.18 Å². The van der Waals surface area contributed by atoms with Gasteiger partial charge in [-0.2, -0.15) is 13.2 Å². The lowest BCUT2D eigenvalue weighted by atomic mass is 10.0. The number of hydrogen-bond acceptors (Lipinski definition) is 1. The Bertz CT molecular complexity index is 352. The molecule has 0 bridgehead atoms. The highest BCUT2D eigenvalue weighted by atomic mass is 35.5.